The maximum atomic E-state index is 8.95. The molecule has 14 heavy (non-hydrogen) atoms. The lowest BCUT2D eigenvalue weighted by Crippen LogP contribution is -2.18. The van der Waals surface area contributed by atoms with Crippen molar-refractivity contribution in [3.63, 3.8) is 0 Å². The van der Waals surface area contributed by atoms with Gasteiger partial charge in [-0.15, -0.1) is 0 Å². The highest BCUT2D eigenvalue weighted by Gasteiger charge is 2.05. The zero-order valence-electron chi connectivity index (χ0n) is 8.44. The zero-order valence-corrected chi connectivity index (χ0v) is 8.44. The van der Waals surface area contributed by atoms with Crippen molar-refractivity contribution in [2.75, 3.05) is 13.7 Å². The minimum atomic E-state index is -0.107. The first-order valence-electron chi connectivity index (χ1n) is 4.65. The Hall–Kier alpha value is -1.12. The summed E-state index contributed by atoms with van der Waals surface area (Å²) in [6, 6.07) is 8.07. The van der Waals surface area contributed by atoms with Gasteiger partial charge in [0.15, 0.2) is 0 Å². The van der Waals surface area contributed by atoms with E-state index in [2.05, 4.69) is 6.58 Å². The monoisotopic (exact) mass is 192 g/mol. The van der Waals surface area contributed by atoms with Gasteiger partial charge in [-0.2, -0.15) is 0 Å². The minimum absolute atomic E-state index is 0.0553. The van der Waals surface area contributed by atoms with Crippen molar-refractivity contribution in [2.45, 2.75) is 12.5 Å². The lowest BCUT2D eigenvalue weighted by Gasteiger charge is -2.11. The average Bonchev–Trinajstić information content (AvgIpc) is 2.26. The van der Waals surface area contributed by atoms with Crippen molar-refractivity contribution in [1.82, 2.24) is 0 Å². The van der Waals surface area contributed by atoms with Crippen LogP contribution in [0, 0.1) is 0 Å². The molecule has 0 heterocycles. The molecule has 0 aliphatic carbocycles. The van der Waals surface area contributed by atoms with Crippen LogP contribution in [0.4, 0.5) is 0 Å². The highest BCUT2D eigenvalue weighted by molar-refractivity contribution is 5.47. The fourth-order valence-electron chi connectivity index (χ4n) is 1.28. The quantitative estimate of drug-likeness (QED) is 0.771. The Morgan fingerprint density at radius 1 is 1.43 bits per heavy atom. The van der Waals surface area contributed by atoms with Crippen LogP contribution < -0.4 is 0 Å². The third-order valence-electron chi connectivity index (χ3n) is 2.22. The molecule has 0 fully saturated rings. The van der Waals surface area contributed by atoms with Crippen LogP contribution in [0.2, 0.25) is 0 Å². The molecule has 76 valence electrons. The third-order valence-corrected chi connectivity index (χ3v) is 2.22. The number of hydrogen-bond donors (Lipinski definition) is 1. The molecule has 1 aromatic carbocycles. The molecule has 0 aromatic heterocycles. The topological polar surface area (TPSA) is 29.5 Å². The van der Waals surface area contributed by atoms with Crippen LogP contribution in [0.1, 0.15) is 11.1 Å². The Bertz CT molecular complexity index is 273. The van der Waals surface area contributed by atoms with Gasteiger partial charge in [-0.1, -0.05) is 36.9 Å². The van der Waals surface area contributed by atoms with Crippen molar-refractivity contribution in [2.24, 2.45) is 0 Å². The number of methoxy groups -OCH3 is 1. The van der Waals surface area contributed by atoms with Crippen LogP contribution in [0.15, 0.2) is 30.8 Å². The second-order valence-corrected chi connectivity index (χ2v) is 3.19. The molecule has 1 unspecified atom stereocenters. The largest absolute Gasteiger partial charge is 0.394 e. The van der Waals surface area contributed by atoms with Gasteiger partial charge in [0, 0.05) is 13.5 Å². The van der Waals surface area contributed by atoms with E-state index in [1.165, 1.54) is 0 Å². The summed E-state index contributed by atoms with van der Waals surface area (Å²) in [5.41, 5.74) is 2.27. The summed E-state index contributed by atoms with van der Waals surface area (Å²) in [5, 5.41) is 8.95. The van der Waals surface area contributed by atoms with Crippen LogP contribution in [0.5, 0.6) is 0 Å². The third kappa shape index (κ3) is 2.98. The first kappa shape index (κ1) is 11.0. The predicted molar refractivity (Wildman–Crippen MR) is 58.1 cm³/mol. The minimum Gasteiger partial charge on any atom is -0.394 e. The average molecular weight is 192 g/mol. The maximum absolute atomic E-state index is 8.95. The molecule has 0 amide bonds. The molecule has 2 heteroatoms. The van der Waals surface area contributed by atoms with Crippen molar-refractivity contribution >= 4 is 6.08 Å². The molecule has 1 atom stereocenters. The lowest BCUT2D eigenvalue weighted by molar-refractivity contribution is 0.0495. The first-order chi connectivity index (χ1) is 6.80. The number of hydrogen-bond acceptors (Lipinski definition) is 2. The molecular formula is C12H16O2. The van der Waals surface area contributed by atoms with Crippen molar-refractivity contribution < 1.29 is 9.84 Å². The highest BCUT2D eigenvalue weighted by Crippen LogP contribution is 2.08. The van der Waals surface area contributed by atoms with E-state index >= 15 is 0 Å². The SMILES string of the molecule is C=Cc1ccc(CC(CO)OC)cc1. The van der Waals surface area contributed by atoms with E-state index in [4.69, 9.17) is 9.84 Å². The van der Waals surface area contributed by atoms with Gasteiger partial charge in [0.25, 0.3) is 0 Å². The van der Waals surface area contributed by atoms with Gasteiger partial charge in [-0.25, -0.2) is 0 Å². The van der Waals surface area contributed by atoms with Gasteiger partial charge in [-0.3, -0.25) is 0 Å². The normalized spacial score (nSPS) is 12.4. The van der Waals surface area contributed by atoms with Crippen LogP contribution in [-0.4, -0.2) is 24.9 Å². The van der Waals surface area contributed by atoms with E-state index in [1.807, 2.05) is 30.3 Å². The van der Waals surface area contributed by atoms with Gasteiger partial charge >= 0.3 is 0 Å². The molecule has 1 rings (SSSR count). The zero-order chi connectivity index (χ0) is 10.4. The molecule has 0 saturated heterocycles. The summed E-state index contributed by atoms with van der Waals surface area (Å²) in [7, 11) is 1.61. The van der Waals surface area contributed by atoms with Gasteiger partial charge < -0.3 is 9.84 Å². The fraction of sp³-hybridized carbons (Fsp3) is 0.333. The molecule has 0 bridgehead atoms. The van der Waals surface area contributed by atoms with E-state index in [0.29, 0.717) is 0 Å². The smallest absolute Gasteiger partial charge is 0.0842 e. The Labute approximate surface area is 84.8 Å². The molecule has 0 aliphatic heterocycles. The van der Waals surface area contributed by atoms with Crippen LogP contribution in [0.25, 0.3) is 6.08 Å². The van der Waals surface area contributed by atoms with Gasteiger partial charge in [-0.05, 0) is 11.1 Å². The summed E-state index contributed by atoms with van der Waals surface area (Å²) in [5.74, 6) is 0. The van der Waals surface area contributed by atoms with Crippen LogP contribution >= 0.6 is 0 Å². The standard InChI is InChI=1S/C12H16O2/c1-3-10-4-6-11(7-5-10)8-12(9-13)14-2/h3-7,12-13H,1,8-9H2,2H3. The van der Waals surface area contributed by atoms with E-state index in [1.54, 1.807) is 7.11 Å². The Morgan fingerprint density at radius 3 is 2.50 bits per heavy atom. The fourth-order valence-corrected chi connectivity index (χ4v) is 1.28. The van der Waals surface area contributed by atoms with E-state index in [-0.39, 0.29) is 12.7 Å². The van der Waals surface area contributed by atoms with Crippen LogP contribution in [0.3, 0.4) is 0 Å². The summed E-state index contributed by atoms with van der Waals surface area (Å²) in [6.07, 6.45) is 2.44. The van der Waals surface area contributed by atoms with Crippen molar-refractivity contribution in [3.8, 4) is 0 Å². The number of aliphatic hydroxyl groups excluding tert-OH is 1. The summed E-state index contributed by atoms with van der Waals surface area (Å²) in [6.45, 7) is 3.74. The number of aliphatic hydroxyl groups is 1. The molecule has 1 aromatic rings. The second kappa shape index (κ2) is 5.58. The summed E-state index contributed by atoms with van der Waals surface area (Å²) >= 11 is 0. The van der Waals surface area contributed by atoms with Crippen molar-refractivity contribution in [1.29, 1.82) is 0 Å². The Balaban J connectivity index is 2.63. The molecule has 2 nitrogen and oxygen atoms in total. The Morgan fingerprint density at radius 2 is 2.07 bits per heavy atom. The molecular weight excluding hydrogens is 176 g/mol. The first-order valence-corrected chi connectivity index (χ1v) is 4.65. The van der Waals surface area contributed by atoms with E-state index < -0.39 is 0 Å². The maximum Gasteiger partial charge on any atom is 0.0842 e. The van der Waals surface area contributed by atoms with Gasteiger partial charge in [0.05, 0.1) is 12.7 Å². The lowest BCUT2D eigenvalue weighted by atomic mass is 10.1. The van der Waals surface area contributed by atoms with E-state index in [9.17, 15) is 0 Å². The van der Waals surface area contributed by atoms with Gasteiger partial charge in [0.1, 0.15) is 0 Å². The predicted octanol–water partition coefficient (Wildman–Crippen LogP) is 1.88. The molecule has 0 aliphatic rings. The molecule has 0 saturated carbocycles. The molecule has 0 spiro atoms. The number of benzene rings is 1. The van der Waals surface area contributed by atoms with Gasteiger partial charge in [0.2, 0.25) is 0 Å². The Kier molecular flexibility index (Phi) is 4.36. The number of ether oxygens (including phenoxy) is 1. The highest BCUT2D eigenvalue weighted by atomic mass is 16.5. The van der Waals surface area contributed by atoms with Crippen LogP contribution in [-0.2, 0) is 11.2 Å². The van der Waals surface area contributed by atoms with E-state index in [0.717, 1.165) is 17.5 Å². The van der Waals surface area contributed by atoms with Crippen molar-refractivity contribution in [3.05, 3.63) is 42.0 Å². The summed E-state index contributed by atoms with van der Waals surface area (Å²) in [4.78, 5) is 0. The summed E-state index contributed by atoms with van der Waals surface area (Å²) < 4.78 is 5.09. The number of rotatable bonds is 5. The second-order valence-electron chi connectivity index (χ2n) is 3.19. The molecule has 0 radical (unpaired) electrons. The molecule has 1 N–H and O–H groups in total.